The highest BCUT2D eigenvalue weighted by Crippen LogP contribution is 2.34. The van der Waals surface area contributed by atoms with Crippen molar-refractivity contribution in [1.82, 2.24) is 29.0 Å². The number of nitrogens with one attached hydrogen (secondary N) is 1. The topological polar surface area (TPSA) is 132 Å². The van der Waals surface area contributed by atoms with Gasteiger partial charge in [-0.2, -0.15) is 9.47 Å². The van der Waals surface area contributed by atoms with Gasteiger partial charge in [-0.15, -0.1) is 0 Å². The maximum atomic E-state index is 12.6. The molecular formula is C23H22N8O2S. The number of benzene rings is 1. The number of hydrogen-bond donors (Lipinski definition) is 2. The van der Waals surface area contributed by atoms with Crippen molar-refractivity contribution in [2.45, 2.75) is 19.4 Å². The van der Waals surface area contributed by atoms with E-state index in [-0.39, 0.29) is 17.9 Å². The van der Waals surface area contributed by atoms with E-state index in [1.165, 1.54) is 23.9 Å². The van der Waals surface area contributed by atoms with Crippen LogP contribution in [0.15, 0.2) is 49.3 Å². The fourth-order valence-corrected chi connectivity index (χ4v) is 4.77. The zero-order chi connectivity index (χ0) is 23.8. The molecule has 5 rings (SSSR count). The van der Waals surface area contributed by atoms with E-state index in [1.807, 2.05) is 29.8 Å². The van der Waals surface area contributed by atoms with Crippen LogP contribution in [-0.2, 0) is 4.79 Å². The lowest BCUT2D eigenvalue weighted by Gasteiger charge is -2.14. The van der Waals surface area contributed by atoms with Crippen molar-refractivity contribution >= 4 is 45.2 Å². The largest absolute Gasteiger partial charge is 0.383 e. The summed E-state index contributed by atoms with van der Waals surface area (Å²) in [6, 6.07) is 8.92. The summed E-state index contributed by atoms with van der Waals surface area (Å²) in [6.07, 6.45) is 3.48. The van der Waals surface area contributed by atoms with E-state index in [1.54, 1.807) is 17.0 Å². The average Bonchev–Trinajstić information content (AvgIpc) is 3.57. The van der Waals surface area contributed by atoms with Gasteiger partial charge in [0.25, 0.3) is 5.91 Å². The summed E-state index contributed by atoms with van der Waals surface area (Å²) in [6.45, 7) is 6.58. The van der Waals surface area contributed by atoms with E-state index in [9.17, 15) is 9.59 Å². The Morgan fingerprint density at radius 1 is 1.26 bits per heavy atom. The number of anilines is 2. The maximum absolute atomic E-state index is 12.6. The molecule has 10 nitrogen and oxygen atoms in total. The Bertz CT molecular complexity index is 1410. The van der Waals surface area contributed by atoms with Crippen molar-refractivity contribution in [3.05, 3.63) is 60.6 Å². The predicted molar refractivity (Wildman–Crippen MR) is 130 cm³/mol. The third kappa shape index (κ3) is 3.90. The molecule has 4 aromatic rings. The van der Waals surface area contributed by atoms with Gasteiger partial charge >= 0.3 is 0 Å². The first-order chi connectivity index (χ1) is 16.4. The van der Waals surface area contributed by atoms with Crippen molar-refractivity contribution in [3.63, 3.8) is 0 Å². The highest BCUT2D eigenvalue weighted by Gasteiger charge is 2.30. The number of nitrogen functional groups attached to an aromatic ring is 1. The number of likely N-dealkylation sites (tertiary alicyclic amines) is 1. The summed E-state index contributed by atoms with van der Waals surface area (Å²) in [5, 5.41) is 9.03. The minimum Gasteiger partial charge on any atom is -0.383 e. The quantitative estimate of drug-likeness (QED) is 0.425. The molecule has 0 bridgehead atoms. The molecule has 1 unspecified atom stereocenters. The van der Waals surface area contributed by atoms with Gasteiger partial charge in [-0.1, -0.05) is 18.7 Å². The number of fused-ring (bicyclic) bond motifs is 1. The summed E-state index contributed by atoms with van der Waals surface area (Å²) in [7, 11) is 0. The number of nitrogens with zero attached hydrogens (tertiary/aromatic N) is 6. The van der Waals surface area contributed by atoms with Crippen LogP contribution in [0.3, 0.4) is 0 Å². The minimum atomic E-state index is -0.216. The Hall–Kier alpha value is -4.12. The van der Waals surface area contributed by atoms with Crippen molar-refractivity contribution in [1.29, 1.82) is 0 Å². The highest BCUT2D eigenvalue weighted by molar-refractivity contribution is 7.10. The fraction of sp³-hybridized carbons (Fsp3) is 0.217. The molecule has 0 aliphatic carbocycles. The van der Waals surface area contributed by atoms with Gasteiger partial charge in [0.1, 0.15) is 22.8 Å². The van der Waals surface area contributed by atoms with Crippen LogP contribution < -0.4 is 11.1 Å². The van der Waals surface area contributed by atoms with E-state index in [2.05, 4.69) is 26.2 Å². The van der Waals surface area contributed by atoms with E-state index in [0.29, 0.717) is 46.2 Å². The fourth-order valence-electron chi connectivity index (χ4n) is 4.11. The zero-order valence-corrected chi connectivity index (χ0v) is 19.2. The van der Waals surface area contributed by atoms with E-state index in [4.69, 9.17) is 10.8 Å². The lowest BCUT2D eigenvalue weighted by Crippen LogP contribution is -2.27. The number of amides is 2. The highest BCUT2D eigenvalue weighted by atomic mass is 32.1. The van der Waals surface area contributed by atoms with Gasteiger partial charge in [0.05, 0.1) is 17.1 Å². The molecule has 1 aromatic carbocycles. The van der Waals surface area contributed by atoms with Gasteiger partial charge < -0.3 is 16.0 Å². The number of aromatic nitrogens is 5. The van der Waals surface area contributed by atoms with Gasteiger partial charge in [0.15, 0.2) is 5.65 Å². The molecule has 172 valence electrons. The van der Waals surface area contributed by atoms with Crippen LogP contribution >= 0.6 is 11.5 Å². The molecule has 0 spiro atoms. The number of nitrogens with two attached hydrogens (primary N) is 1. The van der Waals surface area contributed by atoms with Crippen LogP contribution in [0.5, 0.6) is 0 Å². The monoisotopic (exact) mass is 474 g/mol. The lowest BCUT2D eigenvalue weighted by atomic mass is 10.1. The normalized spacial score (nSPS) is 15.6. The van der Waals surface area contributed by atoms with Gasteiger partial charge in [0, 0.05) is 24.2 Å². The second kappa shape index (κ2) is 8.67. The molecule has 1 atom stereocenters. The molecular weight excluding hydrogens is 452 g/mol. The molecule has 0 saturated carbocycles. The summed E-state index contributed by atoms with van der Waals surface area (Å²) in [5.41, 5.74) is 9.62. The number of carbonyl (C=O) groups excluding carboxylic acids is 2. The lowest BCUT2D eigenvalue weighted by molar-refractivity contribution is -0.125. The van der Waals surface area contributed by atoms with Crippen molar-refractivity contribution in [2.75, 3.05) is 24.1 Å². The molecule has 1 saturated heterocycles. The van der Waals surface area contributed by atoms with Gasteiger partial charge in [-0.25, -0.2) is 14.6 Å². The first-order valence-corrected chi connectivity index (χ1v) is 11.5. The Balaban J connectivity index is 1.46. The Labute approximate surface area is 199 Å². The molecule has 1 fully saturated rings. The van der Waals surface area contributed by atoms with Crippen molar-refractivity contribution < 1.29 is 9.59 Å². The van der Waals surface area contributed by atoms with Crippen LogP contribution in [-0.4, -0.2) is 53.9 Å². The minimum absolute atomic E-state index is 0.0395. The Morgan fingerprint density at radius 2 is 2.06 bits per heavy atom. The summed E-state index contributed by atoms with van der Waals surface area (Å²) >= 11 is 1.24. The van der Waals surface area contributed by atoms with E-state index >= 15 is 0 Å². The van der Waals surface area contributed by atoms with Crippen LogP contribution in [0.2, 0.25) is 0 Å². The van der Waals surface area contributed by atoms with E-state index < -0.39 is 0 Å². The summed E-state index contributed by atoms with van der Waals surface area (Å²) in [5.74, 6) is 0.00713. The van der Waals surface area contributed by atoms with Crippen LogP contribution in [0.4, 0.5) is 10.8 Å². The molecule has 11 heteroatoms. The van der Waals surface area contributed by atoms with Crippen molar-refractivity contribution in [3.8, 4) is 11.3 Å². The second-order valence-corrected chi connectivity index (χ2v) is 8.85. The Morgan fingerprint density at radius 3 is 2.76 bits per heavy atom. The third-order valence-corrected chi connectivity index (χ3v) is 6.59. The number of carbonyl (C=O) groups is 2. The molecule has 0 radical (unpaired) electrons. The molecule has 4 heterocycles. The van der Waals surface area contributed by atoms with Gasteiger partial charge in [-0.3, -0.25) is 9.59 Å². The second-order valence-electron chi connectivity index (χ2n) is 8.05. The molecule has 1 aliphatic heterocycles. The van der Waals surface area contributed by atoms with Crippen LogP contribution in [0, 0.1) is 6.92 Å². The molecule has 34 heavy (non-hydrogen) atoms. The Kier molecular flexibility index (Phi) is 5.54. The first kappa shape index (κ1) is 21.7. The SMILES string of the molecule is C=CC(=O)N1CCC(n2nc(-c3ccc(C(=O)Nc4cc(C)ns4)cc3)c3c(N)ncnc32)C1. The molecule has 1 aliphatic rings. The summed E-state index contributed by atoms with van der Waals surface area (Å²) < 4.78 is 6.00. The van der Waals surface area contributed by atoms with Crippen molar-refractivity contribution in [2.24, 2.45) is 0 Å². The van der Waals surface area contributed by atoms with E-state index in [0.717, 1.165) is 17.7 Å². The standard InChI is InChI=1S/C23H22N8O2S/c1-3-18(32)30-9-8-16(11-30)31-22-19(21(24)25-12-26-22)20(28-31)14-4-6-15(7-5-14)23(33)27-17-10-13(2)29-34-17/h3-7,10,12,16H,1,8-9,11H2,2H3,(H,27,33)(H2,24,25,26). The predicted octanol–water partition coefficient (Wildman–Crippen LogP) is 3.05. The number of hydrogen-bond acceptors (Lipinski definition) is 8. The number of aryl methyl sites for hydroxylation is 1. The maximum Gasteiger partial charge on any atom is 0.256 e. The molecule has 3 aromatic heterocycles. The smallest absolute Gasteiger partial charge is 0.256 e. The van der Waals surface area contributed by atoms with Crippen LogP contribution in [0.25, 0.3) is 22.3 Å². The summed E-state index contributed by atoms with van der Waals surface area (Å²) in [4.78, 5) is 35.0. The third-order valence-electron chi connectivity index (χ3n) is 5.80. The van der Waals surface area contributed by atoms with Crippen LogP contribution in [0.1, 0.15) is 28.5 Å². The van der Waals surface area contributed by atoms with Gasteiger partial charge in [-0.05, 0) is 49.2 Å². The molecule has 3 N–H and O–H groups in total. The van der Waals surface area contributed by atoms with Gasteiger partial charge in [0.2, 0.25) is 5.91 Å². The zero-order valence-electron chi connectivity index (χ0n) is 18.4. The molecule has 2 amide bonds. The first-order valence-electron chi connectivity index (χ1n) is 10.7. The average molecular weight is 475 g/mol. The number of rotatable bonds is 5.